The van der Waals surface area contributed by atoms with Crippen LogP contribution in [0.5, 0.6) is 0 Å². The van der Waals surface area contributed by atoms with Crippen LogP contribution in [0.1, 0.15) is 23.2 Å². The molecule has 1 aromatic carbocycles. The van der Waals surface area contributed by atoms with E-state index in [9.17, 15) is 14.4 Å². The third-order valence-electron chi connectivity index (χ3n) is 4.30. The lowest BCUT2D eigenvalue weighted by atomic mass is 10.2. The molecule has 2 N–H and O–H groups in total. The molecule has 2 aromatic heterocycles. The van der Waals surface area contributed by atoms with E-state index in [1.807, 2.05) is 5.38 Å². The van der Waals surface area contributed by atoms with Crippen molar-refractivity contribution in [3.8, 4) is 0 Å². The third kappa shape index (κ3) is 4.10. The number of hydrogen-bond donors (Lipinski definition) is 2. The molecular weight excluding hydrogens is 396 g/mol. The van der Waals surface area contributed by atoms with Gasteiger partial charge in [0.05, 0.1) is 11.3 Å². The first kappa shape index (κ1) is 18.7. The van der Waals surface area contributed by atoms with Gasteiger partial charge in [-0.1, -0.05) is 17.8 Å². The molecule has 0 bridgehead atoms. The lowest BCUT2D eigenvalue weighted by Crippen LogP contribution is -2.25. The monoisotopic (exact) mass is 414 g/mol. The van der Waals surface area contributed by atoms with Crippen molar-refractivity contribution in [1.82, 2.24) is 14.9 Å². The molecule has 9 heteroatoms. The second-order valence-electron chi connectivity index (χ2n) is 6.56. The van der Waals surface area contributed by atoms with E-state index < -0.39 is 0 Å². The van der Waals surface area contributed by atoms with E-state index in [0.29, 0.717) is 26.6 Å². The largest absolute Gasteiger partial charge is 0.349 e. The van der Waals surface area contributed by atoms with Crippen molar-refractivity contribution in [1.29, 1.82) is 0 Å². The van der Waals surface area contributed by atoms with E-state index in [0.717, 1.165) is 12.8 Å². The van der Waals surface area contributed by atoms with Gasteiger partial charge in [-0.3, -0.25) is 19.0 Å². The van der Waals surface area contributed by atoms with Gasteiger partial charge in [0.15, 0.2) is 5.16 Å². The van der Waals surface area contributed by atoms with Crippen molar-refractivity contribution >= 4 is 50.8 Å². The number of anilines is 1. The van der Waals surface area contributed by atoms with Crippen LogP contribution in [0.4, 0.5) is 5.69 Å². The van der Waals surface area contributed by atoms with E-state index >= 15 is 0 Å². The van der Waals surface area contributed by atoms with Crippen molar-refractivity contribution in [3.63, 3.8) is 0 Å². The van der Waals surface area contributed by atoms with Crippen molar-refractivity contribution in [2.45, 2.75) is 24.0 Å². The number of hydrogen-bond acceptors (Lipinski definition) is 6. The Morgan fingerprint density at radius 1 is 1.32 bits per heavy atom. The summed E-state index contributed by atoms with van der Waals surface area (Å²) >= 11 is 2.56. The Kier molecular flexibility index (Phi) is 5.19. The molecule has 7 nitrogen and oxygen atoms in total. The van der Waals surface area contributed by atoms with E-state index in [4.69, 9.17) is 0 Å². The summed E-state index contributed by atoms with van der Waals surface area (Å²) in [5.41, 5.74) is 1.61. The Morgan fingerprint density at radius 2 is 2.14 bits per heavy atom. The Hall–Kier alpha value is -2.65. The summed E-state index contributed by atoms with van der Waals surface area (Å²) in [6.07, 6.45) is 2.04. The minimum absolute atomic E-state index is 0.106. The van der Waals surface area contributed by atoms with Gasteiger partial charge in [-0.05, 0) is 42.5 Å². The number of thioether (sulfide) groups is 1. The summed E-state index contributed by atoms with van der Waals surface area (Å²) < 4.78 is 2.07. The molecule has 0 aliphatic heterocycles. The molecule has 0 unspecified atom stereocenters. The number of amides is 2. The fourth-order valence-electron chi connectivity index (χ4n) is 2.66. The number of nitrogens with zero attached hydrogens (tertiary/aromatic N) is 2. The minimum Gasteiger partial charge on any atom is -0.349 e. The molecular formula is C19H18N4O3S2. The van der Waals surface area contributed by atoms with Gasteiger partial charge in [0.25, 0.3) is 11.5 Å². The number of carbonyl (C=O) groups excluding carboxylic acids is 2. The normalized spacial score (nSPS) is 13.5. The van der Waals surface area contributed by atoms with Gasteiger partial charge in [0, 0.05) is 24.3 Å². The number of benzene rings is 1. The zero-order chi connectivity index (χ0) is 19.7. The van der Waals surface area contributed by atoms with Gasteiger partial charge in [-0.25, -0.2) is 4.98 Å². The number of fused-ring (bicyclic) bond motifs is 1. The van der Waals surface area contributed by atoms with Gasteiger partial charge in [-0.15, -0.1) is 11.3 Å². The number of nitrogens with one attached hydrogen (secondary N) is 2. The zero-order valence-corrected chi connectivity index (χ0v) is 16.7. The standard InChI is InChI=1S/C19H18N4O3S2/c1-23-18(26)16-14(7-8-27-16)22-19(23)28-10-15(24)20-13-4-2-3-11(9-13)17(25)21-12-5-6-12/h2-4,7-9,12H,5-6,10H2,1H3,(H,20,24)(H,21,25). The van der Waals surface area contributed by atoms with Gasteiger partial charge < -0.3 is 10.6 Å². The fraction of sp³-hybridized carbons (Fsp3) is 0.263. The van der Waals surface area contributed by atoms with Gasteiger partial charge in [0.1, 0.15) is 4.70 Å². The molecule has 0 radical (unpaired) electrons. The van der Waals surface area contributed by atoms with E-state index in [-0.39, 0.29) is 29.2 Å². The quantitative estimate of drug-likeness (QED) is 0.478. The highest BCUT2D eigenvalue weighted by Crippen LogP contribution is 2.21. The van der Waals surface area contributed by atoms with Crippen LogP contribution in [0.3, 0.4) is 0 Å². The summed E-state index contributed by atoms with van der Waals surface area (Å²) in [6.45, 7) is 0. The van der Waals surface area contributed by atoms with E-state index in [1.165, 1.54) is 27.7 Å². The Labute approximate surface area is 169 Å². The first-order valence-corrected chi connectivity index (χ1v) is 10.7. The van der Waals surface area contributed by atoms with Crippen molar-refractivity contribution < 1.29 is 9.59 Å². The summed E-state index contributed by atoms with van der Waals surface area (Å²) in [6, 6.07) is 8.93. The fourth-order valence-corrected chi connectivity index (χ4v) is 4.24. The molecule has 0 spiro atoms. The van der Waals surface area contributed by atoms with Crippen molar-refractivity contribution in [2.24, 2.45) is 7.05 Å². The molecule has 2 heterocycles. The Morgan fingerprint density at radius 3 is 2.93 bits per heavy atom. The van der Waals surface area contributed by atoms with Gasteiger partial charge >= 0.3 is 0 Å². The predicted molar refractivity (Wildman–Crippen MR) is 111 cm³/mol. The first-order valence-electron chi connectivity index (χ1n) is 8.79. The second kappa shape index (κ2) is 7.76. The summed E-state index contributed by atoms with van der Waals surface area (Å²) in [4.78, 5) is 41.2. The van der Waals surface area contributed by atoms with E-state index in [1.54, 1.807) is 37.4 Å². The highest BCUT2D eigenvalue weighted by Gasteiger charge is 2.23. The maximum atomic E-state index is 12.3. The van der Waals surface area contributed by atoms with Crippen LogP contribution in [0, 0.1) is 0 Å². The molecule has 1 saturated carbocycles. The van der Waals surface area contributed by atoms with E-state index in [2.05, 4.69) is 15.6 Å². The molecule has 0 atom stereocenters. The van der Waals surface area contributed by atoms with Crippen LogP contribution in [0.15, 0.2) is 45.7 Å². The van der Waals surface area contributed by atoms with Crippen LogP contribution in [0.25, 0.3) is 10.2 Å². The highest BCUT2D eigenvalue weighted by atomic mass is 32.2. The average Bonchev–Trinajstić information content (AvgIpc) is 3.37. The maximum Gasteiger partial charge on any atom is 0.271 e. The van der Waals surface area contributed by atoms with Gasteiger partial charge in [0.2, 0.25) is 5.91 Å². The van der Waals surface area contributed by atoms with Crippen LogP contribution in [-0.2, 0) is 11.8 Å². The zero-order valence-electron chi connectivity index (χ0n) is 15.1. The lowest BCUT2D eigenvalue weighted by molar-refractivity contribution is -0.113. The Balaban J connectivity index is 1.40. The van der Waals surface area contributed by atoms with Gasteiger partial charge in [-0.2, -0.15) is 0 Å². The van der Waals surface area contributed by atoms with Crippen LogP contribution in [0.2, 0.25) is 0 Å². The Bertz CT molecular complexity index is 1120. The third-order valence-corrected chi connectivity index (χ3v) is 6.22. The molecule has 1 aliphatic carbocycles. The predicted octanol–water partition coefficient (Wildman–Crippen LogP) is 2.62. The molecule has 2 amide bonds. The smallest absolute Gasteiger partial charge is 0.271 e. The average molecular weight is 415 g/mol. The highest BCUT2D eigenvalue weighted by molar-refractivity contribution is 7.99. The summed E-state index contributed by atoms with van der Waals surface area (Å²) in [5.74, 6) is -0.255. The summed E-state index contributed by atoms with van der Waals surface area (Å²) in [7, 11) is 1.65. The topological polar surface area (TPSA) is 93.1 Å². The van der Waals surface area contributed by atoms with Crippen molar-refractivity contribution in [2.75, 3.05) is 11.1 Å². The molecule has 3 aromatic rings. The number of rotatable bonds is 6. The molecule has 0 saturated heterocycles. The molecule has 4 rings (SSSR count). The second-order valence-corrected chi connectivity index (χ2v) is 8.42. The summed E-state index contributed by atoms with van der Waals surface area (Å²) in [5, 5.41) is 8.03. The molecule has 1 fully saturated rings. The number of carbonyl (C=O) groups is 2. The first-order chi connectivity index (χ1) is 13.5. The van der Waals surface area contributed by atoms with Crippen molar-refractivity contribution in [3.05, 3.63) is 51.6 Å². The van der Waals surface area contributed by atoms with Crippen LogP contribution in [-0.4, -0.2) is 33.2 Å². The number of thiophene rings is 1. The molecule has 28 heavy (non-hydrogen) atoms. The maximum absolute atomic E-state index is 12.3. The van der Waals surface area contributed by atoms with Crippen LogP contribution >= 0.6 is 23.1 Å². The minimum atomic E-state index is -0.232. The SMILES string of the molecule is Cn1c(SCC(=O)Nc2cccc(C(=O)NC3CC3)c2)nc2ccsc2c1=O. The number of aromatic nitrogens is 2. The van der Waals surface area contributed by atoms with Crippen LogP contribution < -0.4 is 16.2 Å². The molecule has 144 valence electrons. The lowest BCUT2D eigenvalue weighted by Gasteiger charge is -2.09. The molecule has 1 aliphatic rings.